The number of H-pyrrole nitrogens is 1. The molecular formula is C13H17N3O3S. The Morgan fingerprint density at radius 3 is 2.75 bits per heavy atom. The van der Waals surface area contributed by atoms with Crippen LogP contribution in [0.25, 0.3) is 10.2 Å². The Labute approximate surface area is 120 Å². The molecule has 0 aliphatic carbocycles. The van der Waals surface area contributed by atoms with Crippen LogP contribution >= 0.6 is 11.3 Å². The average molecular weight is 295 g/mol. The van der Waals surface area contributed by atoms with Crippen molar-refractivity contribution in [2.24, 2.45) is 0 Å². The van der Waals surface area contributed by atoms with E-state index in [0.717, 1.165) is 10.4 Å². The number of aryl methyl sites for hydroxylation is 2. The van der Waals surface area contributed by atoms with Crippen LogP contribution < -0.4 is 5.56 Å². The van der Waals surface area contributed by atoms with E-state index in [1.54, 1.807) is 4.90 Å². The van der Waals surface area contributed by atoms with Crippen molar-refractivity contribution in [3.63, 3.8) is 0 Å². The number of rotatable bonds is 5. The summed E-state index contributed by atoms with van der Waals surface area (Å²) in [6, 6.07) is 0. The van der Waals surface area contributed by atoms with E-state index in [9.17, 15) is 9.59 Å². The molecule has 0 aromatic carbocycles. The number of carboxylic acids is 1. The van der Waals surface area contributed by atoms with Gasteiger partial charge in [0.1, 0.15) is 10.7 Å². The number of nitrogens with one attached hydrogen (secondary N) is 1. The van der Waals surface area contributed by atoms with Crippen molar-refractivity contribution in [2.75, 3.05) is 13.1 Å². The maximum atomic E-state index is 12.1. The second-order valence-electron chi connectivity index (χ2n) is 4.67. The third-order valence-corrected chi connectivity index (χ3v) is 4.37. The molecule has 2 heterocycles. The molecule has 20 heavy (non-hydrogen) atoms. The van der Waals surface area contributed by atoms with Gasteiger partial charge in [0.05, 0.1) is 18.5 Å². The van der Waals surface area contributed by atoms with Gasteiger partial charge in [0.25, 0.3) is 5.56 Å². The van der Waals surface area contributed by atoms with Crippen molar-refractivity contribution >= 4 is 27.5 Å². The highest BCUT2D eigenvalue weighted by Crippen LogP contribution is 2.25. The van der Waals surface area contributed by atoms with Crippen molar-refractivity contribution in [2.45, 2.75) is 27.3 Å². The molecule has 0 unspecified atom stereocenters. The van der Waals surface area contributed by atoms with Crippen LogP contribution in [0.2, 0.25) is 0 Å². The summed E-state index contributed by atoms with van der Waals surface area (Å²) >= 11 is 1.49. The second-order valence-corrected chi connectivity index (χ2v) is 5.88. The van der Waals surface area contributed by atoms with E-state index in [4.69, 9.17) is 5.11 Å². The lowest BCUT2D eigenvalue weighted by Gasteiger charge is -2.16. The van der Waals surface area contributed by atoms with Crippen LogP contribution in [0.15, 0.2) is 4.79 Å². The minimum absolute atomic E-state index is 0.0687. The van der Waals surface area contributed by atoms with E-state index in [0.29, 0.717) is 29.1 Å². The van der Waals surface area contributed by atoms with Crippen LogP contribution in [0, 0.1) is 13.8 Å². The molecule has 0 fully saturated rings. The molecule has 108 valence electrons. The Morgan fingerprint density at radius 1 is 1.45 bits per heavy atom. The van der Waals surface area contributed by atoms with Gasteiger partial charge in [0.15, 0.2) is 0 Å². The van der Waals surface area contributed by atoms with Gasteiger partial charge in [-0.15, -0.1) is 11.3 Å². The molecule has 0 atom stereocenters. The first-order chi connectivity index (χ1) is 9.42. The largest absolute Gasteiger partial charge is 0.480 e. The molecule has 7 heteroatoms. The van der Waals surface area contributed by atoms with Crippen molar-refractivity contribution in [1.29, 1.82) is 0 Å². The lowest BCUT2D eigenvalue weighted by atomic mass is 10.2. The zero-order valence-corrected chi connectivity index (χ0v) is 12.5. The van der Waals surface area contributed by atoms with Crippen LogP contribution in [-0.2, 0) is 11.3 Å². The number of thiophene rings is 1. The summed E-state index contributed by atoms with van der Waals surface area (Å²) in [6.07, 6.45) is 0. The van der Waals surface area contributed by atoms with Crippen molar-refractivity contribution in [3.8, 4) is 0 Å². The number of aliphatic carboxylic acids is 1. The third-order valence-electron chi connectivity index (χ3n) is 3.27. The summed E-state index contributed by atoms with van der Waals surface area (Å²) in [5.74, 6) is -0.384. The fourth-order valence-corrected chi connectivity index (χ4v) is 3.11. The summed E-state index contributed by atoms with van der Waals surface area (Å²) in [6.45, 7) is 6.58. The van der Waals surface area contributed by atoms with Gasteiger partial charge in [0, 0.05) is 4.88 Å². The molecule has 0 spiro atoms. The number of carbonyl (C=O) groups is 1. The van der Waals surface area contributed by atoms with Gasteiger partial charge in [-0.1, -0.05) is 6.92 Å². The van der Waals surface area contributed by atoms with Crippen molar-refractivity contribution < 1.29 is 9.90 Å². The number of fused-ring (bicyclic) bond motifs is 1. The van der Waals surface area contributed by atoms with Crippen LogP contribution in [-0.4, -0.2) is 39.0 Å². The fourth-order valence-electron chi connectivity index (χ4n) is 2.06. The Balaban J connectivity index is 2.36. The maximum absolute atomic E-state index is 12.1. The number of hydrogen-bond donors (Lipinski definition) is 2. The normalized spacial score (nSPS) is 11.4. The molecule has 2 aromatic rings. The van der Waals surface area contributed by atoms with Crippen LogP contribution in [0.3, 0.4) is 0 Å². The molecular weight excluding hydrogens is 278 g/mol. The molecule has 0 saturated carbocycles. The molecule has 2 rings (SSSR count). The number of aromatic nitrogens is 2. The summed E-state index contributed by atoms with van der Waals surface area (Å²) in [7, 11) is 0. The zero-order chi connectivity index (χ0) is 14.9. The SMILES string of the molecule is CCN(CC(=O)O)Cc1nc2sc(C)c(C)c2c(=O)[nH]1. The first kappa shape index (κ1) is 14.7. The number of carboxylic acid groups (broad SMARTS) is 1. The van der Waals surface area contributed by atoms with E-state index in [-0.39, 0.29) is 12.1 Å². The van der Waals surface area contributed by atoms with Crippen LogP contribution in [0.4, 0.5) is 0 Å². The number of aromatic amines is 1. The van der Waals surface area contributed by atoms with Gasteiger partial charge < -0.3 is 10.1 Å². The van der Waals surface area contributed by atoms with Gasteiger partial charge in [-0.05, 0) is 26.0 Å². The number of likely N-dealkylation sites (N-methyl/N-ethyl adjacent to an activating group) is 1. The number of nitrogens with zero attached hydrogens (tertiary/aromatic N) is 2. The summed E-state index contributed by atoms with van der Waals surface area (Å²) < 4.78 is 0. The third kappa shape index (κ3) is 2.88. The molecule has 0 aliphatic rings. The molecule has 0 radical (unpaired) electrons. The van der Waals surface area contributed by atoms with Crippen LogP contribution in [0.1, 0.15) is 23.2 Å². The van der Waals surface area contributed by atoms with Gasteiger partial charge in [0.2, 0.25) is 0 Å². The molecule has 2 aromatic heterocycles. The van der Waals surface area contributed by atoms with E-state index in [2.05, 4.69) is 9.97 Å². The van der Waals surface area contributed by atoms with Gasteiger partial charge in [-0.25, -0.2) is 4.98 Å². The predicted octanol–water partition coefficient (Wildman–Crippen LogP) is 1.51. The smallest absolute Gasteiger partial charge is 0.317 e. The summed E-state index contributed by atoms with van der Waals surface area (Å²) in [5, 5.41) is 9.46. The lowest BCUT2D eigenvalue weighted by Crippen LogP contribution is -2.30. The Morgan fingerprint density at radius 2 is 2.15 bits per heavy atom. The fraction of sp³-hybridized carbons (Fsp3) is 0.462. The highest BCUT2D eigenvalue weighted by molar-refractivity contribution is 7.18. The predicted molar refractivity (Wildman–Crippen MR) is 78.3 cm³/mol. The monoisotopic (exact) mass is 295 g/mol. The Hall–Kier alpha value is -1.73. The van der Waals surface area contributed by atoms with Crippen molar-refractivity contribution in [1.82, 2.24) is 14.9 Å². The zero-order valence-electron chi connectivity index (χ0n) is 11.7. The first-order valence-corrected chi connectivity index (χ1v) is 7.17. The van der Waals surface area contributed by atoms with Gasteiger partial charge in [-0.3, -0.25) is 14.5 Å². The molecule has 6 nitrogen and oxygen atoms in total. The Bertz CT molecular complexity index is 705. The van der Waals surface area contributed by atoms with E-state index in [1.165, 1.54) is 11.3 Å². The highest BCUT2D eigenvalue weighted by atomic mass is 32.1. The quantitative estimate of drug-likeness (QED) is 0.873. The first-order valence-electron chi connectivity index (χ1n) is 6.35. The molecule has 0 bridgehead atoms. The van der Waals surface area contributed by atoms with Crippen LogP contribution in [0.5, 0.6) is 0 Å². The average Bonchev–Trinajstić information content (AvgIpc) is 2.63. The van der Waals surface area contributed by atoms with E-state index >= 15 is 0 Å². The molecule has 0 aliphatic heterocycles. The van der Waals surface area contributed by atoms with Gasteiger partial charge >= 0.3 is 5.97 Å². The maximum Gasteiger partial charge on any atom is 0.317 e. The Kier molecular flexibility index (Phi) is 4.20. The molecule has 2 N–H and O–H groups in total. The lowest BCUT2D eigenvalue weighted by molar-refractivity contribution is -0.138. The number of hydrogen-bond acceptors (Lipinski definition) is 5. The van der Waals surface area contributed by atoms with E-state index < -0.39 is 5.97 Å². The minimum Gasteiger partial charge on any atom is -0.480 e. The van der Waals surface area contributed by atoms with Gasteiger partial charge in [-0.2, -0.15) is 0 Å². The second kappa shape index (κ2) is 5.72. The summed E-state index contributed by atoms with van der Waals surface area (Å²) in [5.41, 5.74) is 0.807. The highest BCUT2D eigenvalue weighted by Gasteiger charge is 2.14. The topological polar surface area (TPSA) is 86.3 Å². The molecule has 0 saturated heterocycles. The van der Waals surface area contributed by atoms with Crippen molar-refractivity contribution in [3.05, 3.63) is 26.6 Å². The standard InChI is InChI=1S/C13H17N3O3S/c1-4-16(6-10(17)18)5-9-14-12(19)11-7(2)8(3)20-13(11)15-9/h4-6H2,1-3H3,(H,17,18)(H,14,15,19). The summed E-state index contributed by atoms with van der Waals surface area (Å²) in [4.78, 5) is 33.5. The molecule has 0 amide bonds. The van der Waals surface area contributed by atoms with E-state index in [1.807, 2.05) is 20.8 Å². The minimum atomic E-state index is -0.891.